The Kier molecular flexibility index (Phi) is 3.79. The summed E-state index contributed by atoms with van der Waals surface area (Å²) in [5.74, 6) is -1.09. The highest BCUT2D eigenvalue weighted by Gasteiger charge is 2.13. The van der Waals surface area contributed by atoms with E-state index in [2.05, 4.69) is 14.5 Å². The Hall–Kier alpha value is -1.43. The topological polar surface area (TPSA) is 48.4 Å². The molecule has 0 saturated heterocycles. The average Bonchev–Trinajstić information content (AvgIpc) is 2.19. The third-order valence-electron chi connectivity index (χ3n) is 1.43. The number of halogens is 3. The molecule has 0 N–H and O–H groups in total. The molecule has 4 nitrogen and oxygen atoms in total. The lowest BCUT2D eigenvalue weighted by atomic mass is 10.3. The number of hydrogen-bond donors (Lipinski definition) is 0. The maximum absolute atomic E-state index is 11.8. The van der Waals surface area contributed by atoms with Crippen LogP contribution in [0, 0.1) is 0 Å². The number of esters is 1. The highest BCUT2D eigenvalue weighted by Crippen LogP contribution is 2.24. The van der Waals surface area contributed by atoms with Crippen LogP contribution >= 0.6 is 11.6 Å². The van der Waals surface area contributed by atoms with Gasteiger partial charge in [-0.3, -0.25) is 0 Å². The maximum Gasteiger partial charge on any atom is 0.388 e. The van der Waals surface area contributed by atoms with Crippen LogP contribution in [-0.4, -0.2) is 24.7 Å². The molecule has 15 heavy (non-hydrogen) atoms. The van der Waals surface area contributed by atoms with Crippen molar-refractivity contribution in [1.29, 1.82) is 0 Å². The molecule has 0 aromatic carbocycles. The van der Waals surface area contributed by atoms with Gasteiger partial charge >= 0.3 is 12.6 Å². The first-order valence-electron chi connectivity index (χ1n) is 3.73. The van der Waals surface area contributed by atoms with Crippen molar-refractivity contribution in [2.24, 2.45) is 0 Å². The Morgan fingerprint density at radius 3 is 2.73 bits per heavy atom. The molecule has 0 bridgehead atoms. The zero-order valence-electron chi connectivity index (χ0n) is 7.54. The Morgan fingerprint density at radius 1 is 1.60 bits per heavy atom. The van der Waals surface area contributed by atoms with Crippen molar-refractivity contribution in [3.8, 4) is 5.88 Å². The van der Waals surface area contributed by atoms with E-state index in [4.69, 9.17) is 11.6 Å². The van der Waals surface area contributed by atoms with Crippen molar-refractivity contribution in [3.63, 3.8) is 0 Å². The standard InChI is InChI=1S/C8H6ClF2NO3/c1-14-7(13)4-2-5(9)6(12-3-4)15-8(10)11/h2-3,8H,1H3. The summed E-state index contributed by atoms with van der Waals surface area (Å²) in [6.07, 6.45) is 1.04. The number of methoxy groups -OCH3 is 1. The van der Waals surface area contributed by atoms with Crippen molar-refractivity contribution in [1.82, 2.24) is 4.98 Å². The number of ether oxygens (including phenoxy) is 2. The van der Waals surface area contributed by atoms with Gasteiger partial charge in [0, 0.05) is 6.20 Å². The van der Waals surface area contributed by atoms with Gasteiger partial charge in [0.05, 0.1) is 12.7 Å². The predicted molar refractivity (Wildman–Crippen MR) is 47.2 cm³/mol. The van der Waals surface area contributed by atoms with Gasteiger partial charge in [0.1, 0.15) is 5.02 Å². The Morgan fingerprint density at radius 2 is 2.27 bits per heavy atom. The van der Waals surface area contributed by atoms with E-state index in [1.807, 2.05) is 0 Å². The summed E-state index contributed by atoms with van der Waals surface area (Å²) < 4.78 is 32.0. The van der Waals surface area contributed by atoms with E-state index >= 15 is 0 Å². The molecule has 1 heterocycles. The second-order valence-electron chi connectivity index (χ2n) is 2.38. The van der Waals surface area contributed by atoms with E-state index < -0.39 is 18.5 Å². The molecule has 82 valence electrons. The number of alkyl halides is 2. The van der Waals surface area contributed by atoms with Crippen molar-refractivity contribution in [3.05, 3.63) is 22.8 Å². The first-order chi connectivity index (χ1) is 7.04. The van der Waals surface area contributed by atoms with Crippen LogP contribution in [0.5, 0.6) is 5.88 Å². The molecule has 0 unspecified atom stereocenters. The molecule has 1 aromatic heterocycles. The van der Waals surface area contributed by atoms with Gasteiger partial charge in [0.2, 0.25) is 5.88 Å². The number of rotatable bonds is 3. The monoisotopic (exact) mass is 237 g/mol. The third-order valence-corrected chi connectivity index (χ3v) is 1.70. The van der Waals surface area contributed by atoms with E-state index in [1.165, 1.54) is 7.11 Å². The van der Waals surface area contributed by atoms with Crippen molar-refractivity contribution < 1.29 is 23.0 Å². The summed E-state index contributed by atoms with van der Waals surface area (Å²) in [7, 11) is 1.18. The maximum atomic E-state index is 11.8. The summed E-state index contributed by atoms with van der Waals surface area (Å²) >= 11 is 5.55. The van der Waals surface area contributed by atoms with E-state index in [0.717, 1.165) is 12.3 Å². The van der Waals surface area contributed by atoms with Crippen LogP contribution in [0.15, 0.2) is 12.3 Å². The van der Waals surface area contributed by atoms with Gasteiger partial charge in [-0.05, 0) is 6.07 Å². The minimum absolute atomic E-state index is 0.0594. The van der Waals surface area contributed by atoms with Crippen LogP contribution < -0.4 is 4.74 Å². The SMILES string of the molecule is COC(=O)c1cnc(OC(F)F)c(Cl)c1. The third kappa shape index (κ3) is 3.02. The van der Waals surface area contributed by atoms with Crippen LogP contribution in [0.1, 0.15) is 10.4 Å². The fraction of sp³-hybridized carbons (Fsp3) is 0.250. The number of aromatic nitrogens is 1. The molecule has 0 fully saturated rings. The fourth-order valence-electron chi connectivity index (χ4n) is 0.826. The molecular formula is C8H6ClF2NO3. The summed E-state index contributed by atoms with van der Waals surface area (Å²) in [6, 6.07) is 1.14. The van der Waals surface area contributed by atoms with Crippen molar-refractivity contribution in [2.75, 3.05) is 7.11 Å². The zero-order valence-corrected chi connectivity index (χ0v) is 8.29. The van der Waals surface area contributed by atoms with E-state index in [1.54, 1.807) is 0 Å². The fourth-order valence-corrected chi connectivity index (χ4v) is 1.04. The summed E-state index contributed by atoms with van der Waals surface area (Å²) in [5, 5.41) is -0.182. The number of pyridine rings is 1. The first kappa shape index (κ1) is 11.6. The van der Waals surface area contributed by atoms with Gasteiger partial charge in [0.15, 0.2) is 0 Å². The molecule has 0 aliphatic carbocycles. The molecule has 7 heteroatoms. The van der Waals surface area contributed by atoms with Gasteiger partial charge in [-0.25, -0.2) is 9.78 Å². The highest BCUT2D eigenvalue weighted by atomic mass is 35.5. The predicted octanol–water partition coefficient (Wildman–Crippen LogP) is 2.12. The molecule has 0 atom stereocenters. The lowest BCUT2D eigenvalue weighted by Gasteiger charge is -2.05. The molecule has 0 aliphatic heterocycles. The normalized spacial score (nSPS) is 10.2. The van der Waals surface area contributed by atoms with E-state index in [0.29, 0.717) is 0 Å². The van der Waals surface area contributed by atoms with Gasteiger partial charge in [0.25, 0.3) is 0 Å². The second-order valence-corrected chi connectivity index (χ2v) is 2.79. The van der Waals surface area contributed by atoms with Crippen LogP contribution in [-0.2, 0) is 4.74 Å². The largest absolute Gasteiger partial charge is 0.465 e. The van der Waals surface area contributed by atoms with Gasteiger partial charge in [-0.1, -0.05) is 11.6 Å². The smallest absolute Gasteiger partial charge is 0.388 e. The molecule has 1 aromatic rings. The Balaban J connectivity index is 2.93. The molecule has 0 aliphatic rings. The number of carbonyl (C=O) groups is 1. The molecule has 1 rings (SSSR count). The first-order valence-corrected chi connectivity index (χ1v) is 4.11. The summed E-state index contributed by atoms with van der Waals surface area (Å²) in [5.41, 5.74) is 0.0594. The van der Waals surface area contributed by atoms with Crippen LogP contribution in [0.2, 0.25) is 5.02 Å². The molecule has 0 spiro atoms. The Bertz CT molecular complexity index is 373. The quantitative estimate of drug-likeness (QED) is 0.756. The lowest BCUT2D eigenvalue weighted by molar-refractivity contribution is -0.0527. The number of nitrogens with zero attached hydrogens (tertiary/aromatic N) is 1. The summed E-state index contributed by atoms with van der Waals surface area (Å²) in [4.78, 5) is 14.4. The molecule has 0 radical (unpaired) electrons. The van der Waals surface area contributed by atoms with Gasteiger partial charge < -0.3 is 9.47 Å². The highest BCUT2D eigenvalue weighted by molar-refractivity contribution is 6.32. The van der Waals surface area contributed by atoms with E-state index in [9.17, 15) is 13.6 Å². The Labute approximate surface area is 88.8 Å². The minimum atomic E-state index is -3.01. The van der Waals surface area contributed by atoms with Crippen LogP contribution in [0.4, 0.5) is 8.78 Å². The van der Waals surface area contributed by atoms with Crippen molar-refractivity contribution >= 4 is 17.6 Å². The minimum Gasteiger partial charge on any atom is -0.465 e. The zero-order chi connectivity index (χ0) is 11.4. The molecule has 0 amide bonds. The van der Waals surface area contributed by atoms with Gasteiger partial charge in [-0.2, -0.15) is 8.78 Å². The average molecular weight is 238 g/mol. The van der Waals surface area contributed by atoms with Crippen molar-refractivity contribution in [2.45, 2.75) is 6.61 Å². The number of carbonyl (C=O) groups excluding carboxylic acids is 1. The van der Waals surface area contributed by atoms with Crippen LogP contribution in [0.3, 0.4) is 0 Å². The van der Waals surface area contributed by atoms with E-state index in [-0.39, 0.29) is 10.6 Å². The lowest BCUT2D eigenvalue weighted by Crippen LogP contribution is -2.06. The molecule has 0 saturated carbocycles. The van der Waals surface area contributed by atoms with Crippen LogP contribution in [0.25, 0.3) is 0 Å². The number of hydrogen-bond acceptors (Lipinski definition) is 4. The second kappa shape index (κ2) is 4.88. The molecular weight excluding hydrogens is 232 g/mol. The van der Waals surface area contributed by atoms with Gasteiger partial charge in [-0.15, -0.1) is 0 Å². The summed E-state index contributed by atoms with van der Waals surface area (Å²) in [6.45, 7) is -3.01.